The quantitative estimate of drug-likeness (QED) is 0.317. The first kappa shape index (κ1) is 23.1. The highest BCUT2D eigenvalue weighted by molar-refractivity contribution is 6.51. The van der Waals surface area contributed by atoms with E-state index >= 15 is 0 Å². The van der Waals surface area contributed by atoms with Gasteiger partial charge in [-0.25, -0.2) is 4.98 Å². The van der Waals surface area contributed by atoms with Crippen LogP contribution >= 0.6 is 11.6 Å². The molecule has 9 heteroatoms. The van der Waals surface area contributed by atoms with E-state index in [0.29, 0.717) is 22.8 Å². The second-order valence-corrected chi connectivity index (χ2v) is 7.73. The van der Waals surface area contributed by atoms with Crippen molar-refractivity contribution in [3.8, 4) is 17.2 Å². The van der Waals surface area contributed by atoms with Gasteiger partial charge in [0, 0.05) is 11.8 Å². The number of aliphatic hydroxyl groups excluding tert-OH is 1. The molecule has 1 fully saturated rings. The van der Waals surface area contributed by atoms with E-state index in [4.69, 9.17) is 25.8 Å². The molecule has 0 spiro atoms. The Hall–Kier alpha value is -4.04. The predicted molar refractivity (Wildman–Crippen MR) is 127 cm³/mol. The number of pyridine rings is 1. The number of carbonyl (C=O) groups excluding carboxylic acids is 2. The van der Waals surface area contributed by atoms with E-state index in [0.717, 1.165) is 0 Å². The molecule has 0 saturated carbocycles. The zero-order valence-electron chi connectivity index (χ0n) is 18.6. The second-order valence-electron chi connectivity index (χ2n) is 7.32. The summed E-state index contributed by atoms with van der Waals surface area (Å²) in [4.78, 5) is 31.9. The summed E-state index contributed by atoms with van der Waals surface area (Å²) >= 11 is 6.23. The first-order chi connectivity index (χ1) is 16.4. The zero-order chi connectivity index (χ0) is 24.4. The van der Waals surface area contributed by atoms with E-state index in [9.17, 15) is 14.7 Å². The molecule has 34 heavy (non-hydrogen) atoms. The Morgan fingerprint density at radius 1 is 0.941 bits per heavy atom. The normalized spacial score (nSPS) is 17.1. The number of halogens is 1. The third kappa shape index (κ3) is 3.92. The van der Waals surface area contributed by atoms with Gasteiger partial charge in [0.2, 0.25) is 0 Å². The number of benzene rings is 2. The molecule has 0 aliphatic carbocycles. The summed E-state index contributed by atoms with van der Waals surface area (Å²) in [6.45, 7) is 0. The molecule has 174 valence electrons. The highest BCUT2D eigenvalue weighted by atomic mass is 35.5. The monoisotopic (exact) mass is 480 g/mol. The standard InChI is InChI=1S/C25H21ClN2O6/c1-32-17-9-8-15(12-16(17)26)23(29)21-22(14-7-10-18(33-2)19(13-14)34-3)28(25(31)24(21)30)20-6-4-5-11-27-20/h4-13,22,29H,1-3H3. The van der Waals surface area contributed by atoms with Gasteiger partial charge in [-0.15, -0.1) is 0 Å². The maximum absolute atomic E-state index is 13.2. The van der Waals surface area contributed by atoms with Gasteiger partial charge < -0.3 is 19.3 Å². The van der Waals surface area contributed by atoms with Gasteiger partial charge in [-0.05, 0) is 48.0 Å². The fourth-order valence-electron chi connectivity index (χ4n) is 3.87. The summed E-state index contributed by atoms with van der Waals surface area (Å²) in [7, 11) is 4.46. The fraction of sp³-hybridized carbons (Fsp3) is 0.160. The van der Waals surface area contributed by atoms with Crippen LogP contribution in [0.4, 0.5) is 5.82 Å². The number of hydrogen-bond donors (Lipinski definition) is 1. The van der Waals surface area contributed by atoms with Crippen LogP contribution in [0.25, 0.3) is 5.76 Å². The minimum Gasteiger partial charge on any atom is -0.507 e. The molecule has 2 aromatic carbocycles. The molecular weight excluding hydrogens is 460 g/mol. The van der Waals surface area contributed by atoms with Gasteiger partial charge in [-0.2, -0.15) is 0 Å². The molecule has 1 unspecified atom stereocenters. The number of hydrogen-bond acceptors (Lipinski definition) is 7. The van der Waals surface area contributed by atoms with Gasteiger partial charge in [-0.1, -0.05) is 23.7 Å². The Balaban J connectivity index is 1.96. The van der Waals surface area contributed by atoms with Crippen LogP contribution in [0, 0.1) is 0 Å². The van der Waals surface area contributed by atoms with Crippen molar-refractivity contribution in [3.63, 3.8) is 0 Å². The summed E-state index contributed by atoms with van der Waals surface area (Å²) in [5, 5.41) is 11.5. The topological polar surface area (TPSA) is 98.2 Å². The third-order valence-corrected chi connectivity index (χ3v) is 5.78. The van der Waals surface area contributed by atoms with Gasteiger partial charge in [0.1, 0.15) is 17.3 Å². The molecule has 2 heterocycles. The molecule has 1 aromatic heterocycles. The lowest BCUT2D eigenvalue weighted by Gasteiger charge is -2.25. The number of carbonyl (C=O) groups is 2. The van der Waals surface area contributed by atoms with E-state index in [2.05, 4.69) is 4.98 Å². The van der Waals surface area contributed by atoms with Crippen molar-refractivity contribution >= 4 is 34.9 Å². The van der Waals surface area contributed by atoms with Crippen molar-refractivity contribution in [1.82, 2.24) is 4.98 Å². The lowest BCUT2D eigenvalue weighted by Crippen LogP contribution is -2.30. The number of Topliss-reactive ketones (excluding diaryl/α,β-unsaturated/α-hetero) is 1. The highest BCUT2D eigenvalue weighted by Gasteiger charge is 2.47. The highest BCUT2D eigenvalue weighted by Crippen LogP contribution is 2.44. The van der Waals surface area contributed by atoms with Gasteiger partial charge >= 0.3 is 5.91 Å². The first-order valence-electron chi connectivity index (χ1n) is 10.2. The summed E-state index contributed by atoms with van der Waals surface area (Å²) in [6.07, 6.45) is 1.52. The van der Waals surface area contributed by atoms with Gasteiger partial charge in [-0.3, -0.25) is 14.5 Å². The maximum Gasteiger partial charge on any atom is 0.301 e. The number of nitrogens with zero attached hydrogens (tertiary/aromatic N) is 2. The first-order valence-corrected chi connectivity index (χ1v) is 10.6. The molecule has 1 amide bonds. The molecule has 1 aliphatic heterocycles. The molecule has 0 radical (unpaired) electrons. The average Bonchev–Trinajstić information content (AvgIpc) is 3.13. The van der Waals surface area contributed by atoms with Gasteiger partial charge in [0.05, 0.1) is 38.0 Å². The molecule has 8 nitrogen and oxygen atoms in total. The van der Waals surface area contributed by atoms with Crippen molar-refractivity contribution in [2.75, 3.05) is 26.2 Å². The van der Waals surface area contributed by atoms with Crippen LogP contribution in [0.15, 0.2) is 66.4 Å². The number of anilines is 1. The molecule has 3 aromatic rings. The number of methoxy groups -OCH3 is 3. The minimum atomic E-state index is -0.976. The van der Waals surface area contributed by atoms with Crippen LogP contribution in [-0.2, 0) is 9.59 Å². The molecule has 1 aliphatic rings. The summed E-state index contributed by atoms with van der Waals surface area (Å²) in [6, 6.07) is 13.6. The van der Waals surface area contributed by atoms with E-state index in [1.807, 2.05) is 0 Å². The Kier molecular flexibility index (Phi) is 6.43. The molecule has 1 atom stereocenters. The van der Waals surface area contributed by atoms with Crippen LogP contribution in [0.1, 0.15) is 17.2 Å². The Morgan fingerprint density at radius 3 is 2.26 bits per heavy atom. The largest absolute Gasteiger partial charge is 0.507 e. The van der Waals surface area contributed by atoms with Crippen LogP contribution in [0.2, 0.25) is 5.02 Å². The van der Waals surface area contributed by atoms with Gasteiger partial charge in [0.15, 0.2) is 11.5 Å². The molecule has 4 rings (SSSR count). The number of aliphatic hydroxyl groups is 1. The molecule has 0 bridgehead atoms. The number of ether oxygens (including phenoxy) is 3. The van der Waals surface area contributed by atoms with Crippen molar-refractivity contribution in [2.45, 2.75) is 6.04 Å². The van der Waals surface area contributed by atoms with E-state index in [1.54, 1.807) is 48.5 Å². The number of amides is 1. The summed E-state index contributed by atoms with van der Waals surface area (Å²) < 4.78 is 15.9. The zero-order valence-corrected chi connectivity index (χ0v) is 19.4. The molecular formula is C25H21ClN2O6. The van der Waals surface area contributed by atoms with Gasteiger partial charge in [0.25, 0.3) is 5.78 Å². The SMILES string of the molecule is COc1ccc(C(O)=C2C(=O)C(=O)N(c3ccccn3)C2c2ccc(OC)c(OC)c2)cc1Cl. The fourth-order valence-corrected chi connectivity index (χ4v) is 4.13. The lowest BCUT2D eigenvalue weighted by atomic mass is 9.95. The van der Waals surface area contributed by atoms with E-state index in [-0.39, 0.29) is 27.7 Å². The molecule has 1 N–H and O–H groups in total. The number of aromatic nitrogens is 1. The Bertz CT molecular complexity index is 1290. The number of ketones is 1. The van der Waals surface area contributed by atoms with Crippen LogP contribution in [-0.4, -0.2) is 43.1 Å². The number of rotatable bonds is 6. The Labute approximate surface area is 201 Å². The Morgan fingerprint density at radius 2 is 1.65 bits per heavy atom. The van der Waals surface area contributed by atoms with E-state index < -0.39 is 17.7 Å². The summed E-state index contributed by atoms with van der Waals surface area (Å²) in [5.41, 5.74) is 0.670. The van der Waals surface area contributed by atoms with Crippen LogP contribution in [0.5, 0.6) is 17.2 Å². The van der Waals surface area contributed by atoms with Crippen LogP contribution in [0.3, 0.4) is 0 Å². The third-order valence-electron chi connectivity index (χ3n) is 5.49. The maximum atomic E-state index is 13.2. The minimum absolute atomic E-state index is 0.107. The summed E-state index contributed by atoms with van der Waals surface area (Å²) in [5.74, 6) is -0.502. The smallest absolute Gasteiger partial charge is 0.301 e. The second kappa shape index (κ2) is 9.44. The molecule has 1 saturated heterocycles. The van der Waals surface area contributed by atoms with Crippen molar-refractivity contribution in [1.29, 1.82) is 0 Å². The van der Waals surface area contributed by atoms with Crippen molar-refractivity contribution in [3.05, 3.63) is 82.5 Å². The van der Waals surface area contributed by atoms with Crippen molar-refractivity contribution in [2.24, 2.45) is 0 Å². The van der Waals surface area contributed by atoms with Crippen molar-refractivity contribution < 1.29 is 28.9 Å². The van der Waals surface area contributed by atoms with E-state index in [1.165, 1.54) is 38.5 Å². The average molecular weight is 481 g/mol. The van der Waals surface area contributed by atoms with Crippen LogP contribution < -0.4 is 19.1 Å². The predicted octanol–water partition coefficient (Wildman–Crippen LogP) is 4.39. The lowest BCUT2D eigenvalue weighted by molar-refractivity contribution is -0.132.